The molecule has 15 atom stereocenters. The maximum absolute atomic E-state index is 11.2. The lowest BCUT2D eigenvalue weighted by Crippen LogP contribution is -2.64. The predicted octanol–water partition coefficient (Wildman–Crippen LogP) is -3.05. The highest BCUT2D eigenvalue weighted by atomic mass is 16.8. The first kappa shape index (κ1) is 40.0. The molecule has 13 N–H and O–H groups in total. The van der Waals surface area contributed by atoms with E-state index in [2.05, 4.69) is 0 Å². The zero-order valence-corrected chi connectivity index (χ0v) is 28.4. The molecule has 0 amide bonds. The normalized spacial score (nSPS) is 37.3. The highest BCUT2D eigenvalue weighted by Gasteiger charge is 2.52. The van der Waals surface area contributed by atoms with Gasteiger partial charge in [0.2, 0.25) is 18.3 Å². The lowest BCUT2D eigenvalue weighted by Gasteiger charge is -2.46. The average molecular weight is 772 g/mol. The molecule has 54 heavy (non-hydrogen) atoms. The van der Waals surface area contributed by atoms with Crippen LogP contribution in [0.3, 0.4) is 0 Å². The highest BCUT2D eigenvalue weighted by Crippen LogP contribution is 2.43. The fraction of sp³-hybridized carbons (Fsp3) is 0.559. The van der Waals surface area contributed by atoms with Gasteiger partial charge in [-0.15, -0.1) is 0 Å². The molecular weight excluding hydrogens is 728 g/mol. The summed E-state index contributed by atoms with van der Waals surface area (Å²) in [6.45, 7) is -0.642. The van der Waals surface area contributed by atoms with Gasteiger partial charge < -0.3 is 94.8 Å². The average Bonchev–Trinajstić information content (AvgIpc) is 3.15. The number of fused-ring (bicyclic) bond motifs is 1. The zero-order chi connectivity index (χ0) is 39.2. The molecule has 6 rings (SSSR count). The number of phenolic OH excluding ortho intramolecular Hbond substituents is 3. The number of ether oxygens (including phenoxy) is 6. The highest BCUT2D eigenvalue weighted by molar-refractivity contribution is 5.89. The first-order valence-corrected chi connectivity index (χ1v) is 16.9. The van der Waals surface area contributed by atoms with Crippen molar-refractivity contribution >= 4 is 11.0 Å². The van der Waals surface area contributed by atoms with Crippen molar-refractivity contribution in [1.29, 1.82) is 0 Å². The molecule has 0 spiro atoms. The summed E-state index contributed by atoms with van der Waals surface area (Å²) in [5, 5.41) is 135. The Hall–Kier alpha value is -3.71. The number of aliphatic hydroxyl groups excluding tert-OH is 10. The van der Waals surface area contributed by atoms with Gasteiger partial charge in [-0.2, -0.15) is 0 Å². The number of benzene rings is 2. The van der Waals surface area contributed by atoms with E-state index in [-0.39, 0.29) is 33.8 Å². The summed E-state index contributed by atoms with van der Waals surface area (Å²) < 4.78 is 40.9. The second-order valence-corrected chi connectivity index (χ2v) is 13.3. The van der Waals surface area contributed by atoms with Crippen LogP contribution >= 0.6 is 0 Å². The maximum atomic E-state index is 11.2. The molecule has 4 heterocycles. The molecule has 298 valence electrons. The van der Waals surface area contributed by atoms with E-state index in [1.165, 1.54) is 19.1 Å². The van der Waals surface area contributed by atoms with Crippen LogP contribution in [0.1, 0.15) is 6.92 Å². The van der Waals surface area contributed by atoms with Gasteiger partial charge in [0.05, 0.1) is 43.7 Å². The molecule has 3 aliphatic rings. The summed E-state index contributed by atoms with van der Waals surface area (Å²) in [6, 6.07) is 7.01. The summed E-state index contributed by atoms with van der Waals surface area (Å²) in [4.78, 5) is 0. The standard InChI is InChI=1S/C34H42O20/c1-11-20(8-35)51-33(28(46)23(11)41)54-31-27(45)25(43)22(10-37)53-34(31)50-19-7-14-17(48-30(19)12-2-3-15(39)16(40)4-12)5-13(38)6-18(14)49-32-29(47)26(44)24(42)21(9-36)52-32/h2-7,11,20-29,31-37,41-47H,8-10H2,1H3,(H2-,38,39,40)/p+1/t11-,20-,21-,22-,23+,24-,25-,26+,27+,28-,29-,31-,32-,33+,34-/m1/s1. The summed E-state index contributed by atoms with van der Waals surface area (Å²) in [5.74, 6) is -3.04. The fourth-order valence-electron chi connectivity index (χ4n) is 6.48. The first-order chi connectivity index (χ1) is 25.7. The molecule has 2 aromatic carbocycles. The van der Waals surface area contributed by atoms with Crippen molar-refractivity contribution in [3.8, 4) is 40.1 Å². The Kier molecular flexibility index (Phi) is 12.0. The van der Waals surface area contributed by atoms with Gasteiger partial charge >= 0.3 is 11.3 Å². The van der Waals surface area contributed by atoms with Crippen LogP contribution in [0, 0.1) is 5.92 Å². The van der Waals surface area contributed by atoms with Crippen LogP contribution in [0.25, 0.3) is 22.3 Å². The van der Waals surface area contributed by atoms with Crippen LogP contribution in [0.4, 0.5) is 0 Å². The van der Waals surface area contributed by atoms with Crippen LogP contribution in [-0.2, 0) is 18.9 Å². The van der Waals surface area contributed by atoms with Crippen molar-refractivity contribution in [3.05, 3.63) is 36.4 Å². The van der Waals surface area contributed by atoms with Crippen molar-refractivity contribution in [2.45, 2.75) is 92.9 Å². The fourth-order valence-corrected chi connectivity index (χ4v) is 6.48. The van der Waals surface area contributed by atoms with E-state index in [4.69, 9.17) is 32.8 Å². The van der Waals surface area contributed by atoms with E-state index in [1.54, 1.807) is 0 Å². The Morgan fingerprint density at radius 2 is 1.19 bits per heavy atom. The molecule has 1 aromatic heterocycles. The first-order valence-electron chi connectivity index (χ1n) is 16.9. The molecule has 3 aromatic rings. The minimum atomic E-state index is -1.90. The Bertz CT molecular complexity index is 1760. The van der Waals surface area contributed by atoms with Crippen molar-refractivity contribution in [1.82, 2.24) is 0 Å². The third-order valence-corrected chi connectivity index (χ3v) is 9.73. The van der Waals surface area contributed by atoms with Crippen LogP contribution in [-0.4, -0.2) is 172 Å². The predicted molar refractivity (Wildman–Crippen MR) is 176 cm³/mol. The van der Waals surface area contributed by atoms with Crippen LogP contribution in [0.15, 0.2) is 40.8 Å². The Morgan fingerprint density at radius 1 is 0.593 bits per heavy atom. The van der Waals surface area contributed by atoms with E-state index in [9.17, 15) is 66.4 Å². The van der Waals surface area contributed by atoms with Gasteiger partial charge in [0, 0.05) is 24.1 Å². The Labute approximate surface area is 305 Å². The minimum absolute atomic E-state index is 0.0204. The summed E-state index contributed by atoms with van der Waals surface area (Å²) in [7, 11) is 0. The smallest absolute Gasteiger partial charge is 0.402 e. The van der Waals surface area contributed by atoms with Crippen molar-refractivity contribution in [2.75, 3.05) is 19.8 Å². The third kappa shape index (κ3) is 7.59. The van der Waals surface area contributed by atoms with Gasteiger partial charge in [-0.1, -0.05) is 6.92 Å². The van der Waals surface area contributed by atoms with E-state index in [0.29, 0.717) is 0 Å². The summed E-state index contributed by atoms with van der Waals surface area (Å²) >= 11 is 0. The Morgan fingerprint density at radius 3 is 1.83 bits per heavy atom. The SMILES string of the molecule is C[C@H]1[C@H](O)[C@@H](O)[C@H](O[C@H]2[C@H](Oc3cc4c(O[C@@H]5O[C@H](CO)[C@@H](O)[C@H](O)[C@H]5O)cc(O)cc4[o+]c3-c3ccc(O)c(O)c3)O[C@H](CO)[C@@H](O)[C@@H]2O)O[C@@H]1CO. The van der Waals surface area contributed by atoms with E-state index >= 15 is 0 Å². The number of aliphatic hydroxyl groups is 10. The van der Waals surface area contributed by atoms with Gasteiger partial charge in [-0.25, -0.2) is 4.42 Å². The molecule has 0 bridgehead atoms. The van der Waals surface area contributed by atoms with Crippen LogP contribution in [0.2, 0.25) is 0 Å². The number of hydrogen-bond acceptors (Lipinski definition) is 19. The Balaban J connectivity index is 1.44. The third-order valence-electron chi connectivity index (χ3n) is 9.73. The quantitative estimate of drug-likeness (QED) is 0.0719. The molecule has 20 heteroatoms. The molecular formula is C34H43O20+. The molecule has 3 saturated heterocycles. The molecule has 20 nitrogen and oxygen atoms in total. The molecule has 0 aliphatic carbocycles. The monoisotopic (exact) mass is 771 g/mol. The van der Waals surface area contributed by atoms with Gasteiger partial charge in [0.25, 0.3) is 0 Å². The maximum Gasteiger partial charge on any atom is 0.402 e. The summed E-state index contributed by atoms with van der Waals surface area (Å²) in [6.07, 6.45) is -23.1. The number of hydrogen-bond donors (Lipinski definition) is 13. The lowest BCUT2D eigenvalue weighted by molar-refractivity contribution is -0.353. The van der Waals surface area contributed by atoms with Crippen molar-refractivity contribution in [3.63, 3.8) is 0 Å². The molecule has 0 unspecified atom stereocenters. The lowest BCUT2D eigenvalue weighted by atomic mass is 9.91. The number of phenols is 3. The number of aromatic hydroxyl groups is 3. The topological polar surface area (TPSA) is 330 Å². The molecule has 3 aliphatic heterocycles. The van der Waals surface area contributed by atoms with Crippen molar-refractivity contribution < 1.29 is 99.2 Å². The molecule has 0 saturated carbocycles. The van der Waals surface area contributed by atoms with Gasteiger partial charge in [-0.3, -0.25) is 0 Å². The van der Waals surface area contributed by atoms with E-state index < -0.39 is 129 Å². The second kappa shape index (κ2) is 16.2. The molecule has 0 radical (unpaired) electrons. The van der Waals surface area contributed by atoms with E-state index in [0.717, 1.165) is 24.3 Å². The van der Waals surface area contributed by atoms with Gasteiger partial charge in [0.1, 0.15) is 65.7 Å². The van der Waals surface area contributed by atoms with Gasteiger partial charge in [-0.05, 0) is 12.1 Å². The van der Waals surface area contributed by atoms with Crippen molar-refractivity contribution in [2.24, 2.45) is 5.92 Å². The minimum Gasteiger partial charge on any atom is -0.507 e. The molecule has 3 fully saturated rings. The summed E-state index contributed by atoms with van der Waals surface area (Å²) in [5.41, 5.74) is -0.0640. The van der Waals surface area contributed by atoms with Crippen LogP contribution in [0.5, 0.6) is 28.7 Å². The van der Waals surface area contributed by atoms with Gasteiger partial charge in [0.15, 0.2) is 23.9 Å². The second-order valence-electron chi connectivity index (χ2n) is 13.3. The van der Waals surface area contributed by atoms with E-state index in [1.807, 2.05) is 0 Å². The van der Waals surface area contributed by atoms with Crippen LogP contribution < -0.4 is 9.47 Å². The largest absolute Gasteiger partial charge is 0.507 e. The zero-order valence-electron chi connectivity index (χ0n) is 28.4. The number of rotatable bonds is 10.